The van der Waals surface area contributed by atoms with Crippen molar-refractivity contribution in [2.75, 3.05) is 6.61 Å². The van der Waals surface area contributed by atoms with Crippen LogP contribution in [0.5, 0.6) is 0 Å². The van der Waals surface area contributed by atoms with Crippen molar-refractivity contribution in [3.8, 4) is 0 Å². The average Bonchev–Trinajstić information content (AvgIpc) is 2.98. The highest BCUT2D eigenvalue weighted by Crippen LogP contribution is 2.36. The van der Waals surface area contributed by atoms with E-state index in [-0.39, 0.29) is 36.5 Å². The minimum absolute atomic E-state index is 0.0383. The predicted molar refractivity (Wildman–Crippen MR) is 118 cm³/mol. The first-order valence-corrected chi connectivity index (χ1v) is 10.9. The van der Waals surface area contributed by atoms with Gasteiger partial charge in [-0.05, 0) is 45.1 Å². The van der Waals surface area contributed by atoms with Gasteiger partial charge in [-0.2, -0.15) is 0 Å². The lowest BCUT2D eigenvalue weighted by Gasteiger charge is -2.37. The fourth-order valence-electron chi connectivity index (χ4n) is 4.45. The number of rotatable bonds is 8. The van der Waals surface area contributed by atoms with Crippen molar-refractivity contribution in [3.05, 3.63) is 35.9 Å². The Bertz CT molecular complexity index is 699. The second-order valence-electron chi connectivity index (χ2n) is 9.81. The molecule has 1 fully saturated rings. The van der Waals surface area contributed by atoms with E-state index in [2.05, 4.69) is 24.1 Å². The number of carbonyl (C=O) groups excluding carboxylic acids is 2. The zero-order valence-corrected chi connectivity index (χ0v) is 19.2. The molecule has 4 atom stereocenters. The number of benzene rings is 1. The number of aliphatic hydroxyl groups is 1. The molecule has 1 aliphatic heterocycles. The molecule has 1 aromatic rings. The van der Waals surface area contributed by atoms with Gasteiger partial charge in [-0.15, -0.1) is 0 Å². The number of carbonyl (C=O) groups is 2. The fraction of sp³-hybridized carbons (Fsp3) is 0.667. The lowest BCUT2D eigenvalue weighted by Crippen LogP contribution is -2.54. The Labute approximate surface area is 181 Å². The molecule has 0 aromatic heterocycles. The van der Waals surface area contributed by atoms with Crippen molar-refractivity contribution < 1.29 is 19.4 Å². The van der Waals surface area contributed by atoms with Gasteiger partial charge < -0.3 is 15.2 Å². The molecule has 1 aromatic carbocycles. The minimum atomic E-state index is -0.586. The number of hydrogen-bond acceptors (Lipinski definition) is 5. The van der Waals surface area contributed by atoms with Crippen LogP contribution < -0.4 is 5.32 Å². The Balaban J connectivity index is 2.42. The van der Waals surface area contributed by atoms with Crippen LogP contribution in [0.3, 0.4) is 0 Å². The molecular formula is C24H38N2O4. The molecule has 0 bridgehead atoms. The van der Waals surface area contributed by atoms with Gasteiger partial charge in [0.05, 0.1) is 0 Å². The van der Waals surface area contributed by atoms with Gasteiger partial charge in [0.25, 0.3) is 0 Å². The van der Waals surface area contributed by atoms with E-state index >= 15 is 0 Å². The maximum absolute atomic E-state index is 13.1. The molecule has 1 saturated heterocycles. The van der Waals surface area contributed by atoms with Crippen molar-refractivity contribution in [2.45, 2.75) is 84.7 Å². The summed E-state index contributed by atoms with van der Waals surface area (Å²) in [7, 11) is 0. The average molecular weight is 419 g/mol. The molecular weight excluding hydrogens is 380 g/mol. The molecule has 0 saturated carbocycles. The third kappa shape index (κ3) is 6.81. The van der Waals surface area contributed by atoms with Crippen LogP contribution in [0.25, 0.3) is 0 Å². The van der Waals surface area contributed by atoms with Crippen molar-refractivity contribution in [1.29, 1.82) is 0 Å². The second-order valence-corrected chi connectivity index (χ2v) is 9.81. The number of nitrogens with one attached hydrogen (secondary N) is 1. The van der Waals surface area contributed by atoms with Crippen LogP contribution >= 0.6 is 0 Å². The SMILES string of the molecule is CC(=O)N[C@@H](CC(C)C)[C@H]1[C@H](CO)C[C@H](C(=O)OC(C)(C)C)N1Cc1ccccc1. The molecule has 6 nitrogen and oxygen atoms in total. The molecule has 1 aliphatic rings. The van der Waals surface area contributed by atoms with Gasteiger partial charge in [-0.3, -0.25) is 14.5 Å². The summed E-state index contributed by atoms with van der Waals surface area (Å²) in [6.07, 6.45) is 1.28. The molecule has 0 aliphatic carbocycles. The highest BCUT2D eigenvalue weighted by Gasteiger charge is 2.48. The van der Waals surface area contributed by atoms with Crippen LogP contribution in [0.4, 0.5) is 0 Å². The van der Waals surface area contributed by atoms with Gasteiger partial charge >= 0.3 is 5.97 Å². The second kappa shape index (κ2) is 10.4. The monoisotopic (exact) mass is 418 g/mol. The largest absolute Gasteiger partial charge is 0.459 e. The number of aliphatic hydroxyl groups excluding tert-OH is 1. The molecule has 6 heteroatoms. The lowest BCUT2D eigenvalue weighted by molar-refractivity contribution is -0.161. The lowest BCUT2D eigenvalue weighted by atomic mass is 9.88. The first kappa shape index (κ1) is 24.4. The number of ether oxygens (including phenoxy) is 1. The molecule has 2 N–H and O–H groups in total. The first-order chi connectivity index (χ1) is 14.0. The molecule has 0 unspecified atom stereocenters. The van der Waals surface area contributed by atoms with Gasteiger partial charge in [0.1, 0.15) is 11.6 Å². The standard InChI is InChI=1S/C24H38N2O4/c1-16(2)12-20(25-17(3)28)22-19(15-27)13-21(23(29)30-24(4,5)6)26(22)14-18-10-8-7-9-11-18/h7-11,16,19-22,27H,12-15H2,1-6H3,(H,25,28)/t19-,20-,21+,22+/m0/s1. The van der Waals surface area contributed by atoms with E-state index in [1.807, 2.05) is 51.1 Å². The van der Waals surface area contributed by atoms with Gasteiger partial charge in [0.15, 0.2) is 0 Å². The van der Waals surface area contributed by atoms with E-state index in [0.29, 0.717) is 18.9 Å². The maximum atomic E-state index is 13.1. The van der Waals surface area contributed by atoms with E-state index < -0.39 is 11.6 Å². The molecule has 1 amide bonds. The Kier molecular flexibility index (Phi) is 8.44. The minimum Gasteiger partial charge on any atom is -0.459 e. The van der Waals surface area contributed by atoms with Crippen LogP contribution in [-0.4, -0.2) is 52.2 Å². The van der Waals surface area contributed by atoms with Gasteiger partial charge in [0.2, 0.25) is 5.91 Å². The number of esters is 1. The number of hydrogen-bond donors (Lipinski definition) is 2. The number of likely N-dealkylation sites (tertiary alicyclic amines) is 1. The maximum Gasteiger partial charge on any atom is 0.323 e. The molecule has 1 heterocycles. The van der Waals surface area contributed by atoms with Gasteiger partial charge in [0, 0.05) is 38.1 Å². The van der Waals surface area contributed by atoms with Crippen LogP contribution in [0.15, 0.2) is 30.3 Å². The summed E-state index contributed by atoms with van der Waals surface area (Å²) in [6.45, 7) is 11.9. The zero-order valence-electron chi connectivity index (χ0n) is 19.2. The zero-order chi connectivity index (χ0) is 22.5. The fourth-order valence-corrected chi connectivity index (χ4v) is 4.45. The molecule has 30 heavy (non-hydrogen) atoms. The van der Waals surface area contributed by atoms with Crippen LogP contribution in [0, 0.1) is 11.8 Å². The first-order valence-electron chi connectivity index (χ1n) is 10.9. The Morgan fingerprint density at radius 1 is 1.23 bits per heavy atom. The van der Waals surface area contributed by atoms with Crippen LogP contribution in [0.2, 0.25) is 0 Å². The Hall–Kier alpha value is -1.92. The number of nitrogens with zero attached hydrogens (tertiary/aromatic N) is 1. The van der Waals surface area contributed by atoms with Crippen molar-refractivity contribution in [1.82, 2.24) is 10.2 Å². The van der Waals surface area contributed by atoms with E-state index in [1.54, 1.807) is 0 Å². The topological polar surface area (TPSA) is 78.9 Å². The summed E-state index contributed by atoms with van der Waals surface area (Å²) in [5.41, 5.74) is 0.498. The van der Waals surface area contributed by atoms with Crippen LogP contribution in [0.1, 0.15) is 59.9 Å². The summed E-state index contributed by atoms with van der Waals surface area (Å²) in [5.74, 6) is -0.134. The Morgan fingerprint density at radius 3 is 2.37 bits per heavy atom. The Morgan fingerprint density at radius 2 is 1.87 bits per heavy atom. The molecule has 168 valence electrons. The van der Waals surface area contributed by atoms with Crippen LogP contribution in [-0.2, 0) is 20.9 Å². The third-order valence-electron chi connectivity index (χ3n) is 5.44. The quantitative estimate of drug-likeness (QED) is 0.634. The summed E-state index contributed by atoms with van der Waals surface area (Å²) < 4.78 is 5.72. The molecule has 0 spiro atoms. The summed E-state index contributed by atoms with van der Waals surface area (Å²) in [6, 6.07) is 9.21. The van der Waals surface area contributed by atoms with Gasteiger partial charge in [-0.25, -0.2) is 0 Å². The number of amides is 1. The van der Waals surface area contributed by atoms with E-state index in [4.69, 9.17) is 4.74 Å². The third-order valence-corrected chi connectivity index (χ3v) is 5.44. The van der Waals surface area contributed by atoms with E-state index in [0.717, 1.165) is 12.0 Å². The normalized spacial score (nSPS) is 23.4. The van der Waals surface area contributed by atoms with E-state index in [9.17, 15) is 14.7 Å². The molecule has 2 rings (SSSR count). The molecule has 0 radical (unpaired) electrons. The van der Waals surface area contributed by atoms with Crippen molar-refractivity contribution in [2.24, 2.45) is 11.8 Å². The summed E-state index contributed by atoms with van der Waals surface area (Å²) in [4.78, 5) is 27.2. The van der Waals surface area contributed by atoms with Crippen molar-refractivity contribution >= 4 is 11.9 Å². The highest BCUT2D eigenvalue weighted by atomic mass is 16.6. The highest BCUT2D eigenvalue weighted by molar-refractivity contribution is 5.77. The van der Waals surface area contributed by atoms with E-state index in [1.165, 1.54) is 6.92 Å². The van der Waals surface area contributed by atoms with Gasteiger partial charge in [-0.1, -0.05) is 44.2 Å². The predicted octanol–water partition coefficient (Wildman–Crippen LogP) is 3.13. The van der Waals surface area contributed by atoms with Crippen molar-refractivity contribution in [3.63, 3.8) is 0 Å². The summed E-state index contributed by atoms with van der Waals surface area (Å²) >= 11 is 0. The smallest absolute Gasteiger partial charge is 0.323 e. The summed E-state index contributed by atoms with van der Waals surface area (Å²) in [5, 5.41) is 13.3.